The first-order valence-corrected chi connectivity index (χ1v) is 10.7. The molecule has 0 unspecified atom stereocenters. The van der Waals surface area contributed by atoms with Gasteiger partial charge in [-0.15, -0.1) is 11.3 Å². The topological polar surface area (TPSA) is 64.6 Å². The van der Waals surface area contributed by atoms with Crippen molar-refractivity contribution in [2.75, 3.05) is 18.5 Å². The van der Waals surface area contributed by atoms with E-state index in [-0.39, 0.29) is 11.9 Å². The molecule has 7 heteroatoms. The zero-order chi connectivity index (χ0) is 19.4. The summed E-state index contributed by atoms with van der Waals surface area (Å²) in [4.78, 5) is 26.3. The third-order valence-corrected chi connectivity index (χ3v) is 6.11. The van der Waals surface area contributed by atoms with Crippen LogP contribution in [0.5, 0.6) is 5.75 Å². The molecule has 3 rings (SSSR count). The summed E-state index contributed by atoms with van der Waals surface area (Å²) in [6, 6.07) is 5.22. The van der Waals surface area contributed by atoms with Crippen molar-refractivity contribution in [1.82, 2.24) is 0 Å². The van der Waals surface area contributed by atoms with Gasteiger partial charge in [0.05, 0.1) is 23.2 Å². The molecule has 0 fully saturated rings. The van der Waals surface area contributed by atoms with E-state index >= 15 is 0 Å². The van der Waals surface area contributed by atoms with Gasteiger partial charge in [-0.25, -0.2) is 4.79 Å². The number of nitrogens with one attached hydrogen (secondary N) is 1. The molecule has 0 atom stereocenters. The molecule has 0 radical (unpaired) electrons. The number of carbonyl (C=O) groups excluding carboxylic acids is 2. The van der Waals surface area contributed by atoms with Gasteiger partial charge in [0, 0.05) is 10.4 Å². The maximum atomic E-state index is 12.7. The Kier molecular flexibility index (Phi) is 6.55. The average molecular weight is 452 g/mol. The van der Waals surface area contributed by atoms with E-state index in [0.29, 0.717) is 35.1 Å². The maximum Gasteiger partial charge on any atom is 0.341 e. The Morgan fingerprint density at radius 3 is 2.78 bits per heavy atom. The van der Waals surface area contributed by atoms with Crippen LogP contribution in [0.1, 0.15) is 57.8 Å². The lowest BCUT2D eigenvalue weighted by Crippen LogP contribution is -2.15. The summed E-state index contributed by atoms with van der Waals surface area (Å²) >= 11 is 4.92. The Bertz CT molecular complexity index is 862. The van der Waals surface area contributed by atoms with Crippen molar-refractivity contribution < 1.29 is 19.1 Å². The van der Waals surface area contributed by atoms with Gasteiger partial charge in [-0.3, -0.25) is 4.79 Å². The molecular formula is C20H22BrNO4S. The number of aryl methyl sites for hydroxylation is 1. The van der Waals surface area contributed by atoms with Crippen molar-refractivity contribution in [1.29, 1.82) is 0 Å². The Labute approximate surface area is 171 Å². The molecule has 1 heterocycles. The highest BCUT2D eigenvalue weighted by atomic mass is 79.9. The van der Waals surface area contributed by atoms with Gasteiger partial charge >= 0.3 is 5.97 Å². The zero-order valence-electron chi connectivity index (χ0n) is 15.4. The van der Waals surface area contributed by atoms with Gasteiger partial charge in [0.25, 0.3) is 5.91 Å². The van der Waals surface area contributed by atoms with Crippen LogP contribution in [-0.2, 0) is 17.6 Å². The molecule has 0 saturated carbocycles. The first kappa shape index (κ1) is 19.9. The average Bonchev–Trinajstić information content (AvgIpc) is 3.21. The van der Waals surface area contributed by atoms with Gasteiger partial charge < -0.3 is 14.8 Å². The van der Waals surface area contributed by atoms with Gasteiger partial charge in [0.1, 0.15) is 10.8 Å². The number of esters is 1. The monoisotopic (exact) mass is 451 g/mol. The van der Waals surface area contributed by atoms with Crippen LogP contribution < -0.4 is 10.1 Å². The molecule has 1 aliphatic rings. The third kappa shape index (κ3) is 4.35. The van der Waals surface area contributed by atoms with Gasteiger partial charge in [0.2, 0.25) is 0 Å². The van der Waals surface area contributed by atoms with Gasteiger partial charge in [-0.2, -0.15) is 0 Å². The molecule has 5 nitrogen and oxygen atoms in total. The summed E-state index contributed by atoms with van der Waals surface area (Å²) in [5.41, 5.74) is 2.04. The van der Waals surface area contributed by atoms with Gasteiger partial charge in [-0.1, -0.05) is 6.92 Å². The molecule has 27 heavy (non-hydrogen) atoms. The van der Waals surface area contributed by atoms with Crippen molar-refractivity contribution in [3.05, 3.63) is 44.2 Å². The first-order valence-electron chi connectivity index (χ1n) is 9.10. The minimum atomic E-state index is -0.364. The van der Waals surface area contributed by atoms with Crippen molar-refractivity contribution in [3.8, 4) is 5.75 Å². The number of ether oxygens (including phenoxy) is 2. The minimum Gasteiger partial charge on any atom is -0.492 e. The molecule has 2 aromatic rings. The highest BCUT2D eigenvalue weighted by Crippen LogP contribution is 2.39. The number of halogens is 1. The standard InChI is InChI=1S/C20H22BrNO4S/c1-3-10-26-15-9-8-12(11-14(15)21)18(23)22-19-17(20(24)25-4-2)13-6-5-7-16(13)27-19/h8-9,11H,3-7,10H2,1-2H3,(H,22,23). The Morgan fingerprint density at radius 2 is 2.07 bits per heavy atom. The van der Waals surface area contributed by atoms with E-state index in [1.54, 1.807) is 25.1 Å². The number of fused-ring (bicyclic) bond motifs is 1. The summed E-state index contributed by atoms with van der Waals surface area (Å²) in [5, 5.41) is 3.48. The molecule has 0 bridgehead atoms. The number of carbonyl (C=O) groups is 2. The molecule has 1 amide bonds. The van der Waals surface area contributed by atoms with Crippen LogP contribution in [0, 0.1) is 0 Å². The predicted molar refractivity (Wildman–Crippen MR) is 110 cm³/mol. The van der Waals surface area contributed by atoms with Crippen LogP contribution >= 0.6 is 27.3 Å². The van der Waals surface area contributed by atoms with Crippen molar-refractivity contribution >= 4 is 44.1 Å². The molecule has 0 aliphatic heterocycles. The quantitative estimate of drug-likeness (QED) is 0.586. The summed E-state index contributed by atoms with van der Waals surface area (Å²) < 4.78 is 11.5. The summed E-state index contributed by atoms with van der Waals surface area (Å²) in [7, 11) is 0. The number of hydrogen-bond donors (Lipinski definition) is 1. The largest absolute Gasteiger partial charge is 0.492 e. The lowest BCUT2D eigenvalue weighted by molar-refractivity contribution is 0.0527. The number of anilines is 1. The molecule has 1 aromatic carbocycles. The van der Waals surface area contributed by atoms with E-state index in [0.717, 1.165) is 40.6 Å². The molecule has 1 aromatic heterocycles. The van der Waals surface area contributed by atoms with E-state index < -0.39 is 0 Å². The van der Waals surface area contributed by atoms with Crippen LogP contribution in [0.15, 0.2) is 22.7 Å². The number of hydrogen-bond acceptors (Lipinski definition) is 5. The molecular weight excluding hydrogens is 430 g/mol. The van der Waals surface area contributed by atoms with Crippen molar-refractivity contribution in [2.24, 2.45) is 0 Å². The van der Waals surface area contributed by atoms with E-state index in [2.05, 4.69) is 21.2 Å². The third-order valence-electron chi connectivity index (χ3n) is 4.28. The Morgan fingerprint density at radius 1 is 1.26 bits per heavy atom. The molecule has 0 saturated heterocycles. The number of amides is 1. The van der Waals surface area contributed by atoms with Crippen molar-refractivity contribution in [3.63, 3.8) is 0 Å². The Hall–Kier alpha value is -1.86. The van der Waals surface area contributed by atoms with Crippen LogP contribution in [-0.4, -0.2) is 25.1 Å². The molecule has 1 N–H and O–H groups in total. The lowest BCUT2D eigenvalue weighted by atomic mass is 10.1. The fourth-order valence-electron chi connectivity index (χ4n) is 3.06. The van der Waals surface area contributed by atoms with E-state index in [9.17, 15) is 9.59 Å². The second-order valence-electron chi connectivity index (χ2n) is 6.23. The number of benzene rings is 1. The second kappa shape index (κ2) is 8.89. The summed E-state index contributed by atoms with van der Waals surface area (Å²) in [6.07, 6.45) is 3.74. The molecule has 1 aliphatic carbocycles. The predicted octanol–water partition coefficient (Wildman–Crippen LogP) is 5.22. The molecule has 144 valence electrons. The molecule has 0 spiro atoms. The lowest BCUT2D eigenvalue weighted by Gasteiger charge is -2.10. The van der Waals surface area contributed by atoms with Gasteiger partial charge in [0.15, 0.2) is 0 Å². The van der Waals surface area contributed by atoms with Crippen LogP contribution in [0.2, 0.25) is 0 Å². The van der Waals surface area contributed by atoms with Crippen LogP contribution in [0.4, 0.5) is 5.00 Å². The second-order valence-corrected chi connectivity index (χ2v) is 8.19. The first-order chi connectivity index (χ1) is 13.0. The number of thiophene rings is 1. The fourth-order valence-corrected chi connectivity index (χ4v) is 4.82. The normalized spacial score (nSPS) is 12.6. The SMILES string of the molecule is CCCOc1ccc(C(=O)Nc2sc3c(c2C(=O)OCC)CCC3)cc1Br. The summed E-state index contributed by atoms with van der Waals surface area (Å²) in [6.45, 7) is 4.74. The zero-order valence-corrected chi connectivity index (χ0v) is 17.8. The number of rotatable bonds is 7. The van der Waals surface area contributed by atoms with E-state index in [1.165, 1.54) is 11.3 Å². The smallest absolute Gasteiger partial charge is 0.341 e. The highest BCUT2D eigenvalue weighted by molar-refractivity contribution is 9.10. The minimum absolute atomic E-state index is 0.261. The Balaban J connectivity index is 1.82. The van der Waals surface area contributed by atoms with Crippen LogP contribution in [0.3, 0.4) is 0 Å². The van der Waals surface area contributed by atoms with Gasteiger partial charge in [-0.05, 0) is 72.3 Å². The summed E-state index contributed by atoms with van der Waals surface area (Å²) in [5.74, 6) is 0.0793. The fraction of sp³-hybridized carbons (Fsp3) is 0.400. The maximum absolute atomic E-state index is 12.7. The van der Waals surface area contributed by atoms with Crippen molar-refractivity contribution in [2.45, 2.75) is 39.5 Å². The highest BCUT2D eigenvalue weighted by Gasteiger charge is 2.28. The van der Waals surface area contributed by atoms with Crippen LogP contribution in [0.25, 0.3) is 0 Å². The van der Waals surface area contributed by atoms with E-state index in [4.69, 9.17) is 9.47 Å². The van der Waals surface area contributed by atoms with E-state index in [1.807, 2.05) is 6.92 Å².